The van der Waals surface area contributed by atoms with Crippen molar-refractivity contribution in [1.29, 1.82) is 0 Å². The molecule has 0 unspecified atom stereocenters. The van der Waals surface area contributed by atoms with E-state index >= 15 is 0 Å². The Balaban J connectivity index is 2.09. The largest absolute Gasteiger partial charge is 0.497 e. The third-order valence-corrected chi connectivity index (χ3v) is 3.25. The zero-order chi connectivity index (χ0) is 16.7. The standard InChI is InChI=1S/C18H18F2N2O/c1-3-4-14-9-17(19)16(18(20)10-14)12-22-21-11-13-5-7-15(23-2)8-6-13/h5-12H,3-4H2,1-2H3. The van der Waals surface area contributed by atoms with Crippen molar-refractivity contribution in [2.75, 3.05) is 7.11 Å². The molecule has 0 heterocycles. The molecular formula is C18H18F2N2O. The first-order valence-electron chi connectivity index (χ1n) is 7.32. The smallest absolute Gasteiger partial charge is 0.135 e. The molecule has 0 N–H and O–H groups in total. The molecule has 2 aromatic carbocycles. The molecule has 0 aliphatic carbocycles. The van der Waals surface area contributed by atoms with E-state index < -0.39 is 11.6 Å². The molecule has 2 rings (SSSR count). The zero-order valence-corrected chi connectivity index (χ0v) is 13.1. The van der Waals surface area contributed by atoms with Crippen LogP contribution < -0.4 is 4.74 Å². The fraction of sp³-hybridized carbons (Fsp3) is 0.222. The predicted molar refractivity (Wildman–Crippen MR) is 88.5 cm³/mol. The first kappa shape index (κ1) is 16.8. The Morgan fingerprint density at radius 1 is 1.00 bits per heavy atom. The minimum Gasteiger partial charge on any atom is -0.497 e. The Morgan fingerprint density at radius 2 is 1.61 bits per heavy atom. The van der Waals surface area contributed by atoms with Gasteiger partial charge in [-0.2, -0.15) is 10.2 Å². The number of nitrogens with zero attached hydrogens (tertiary/aromatic N) is 2. The van der Waals surface area contributed by atoms with Crippen molar-refractivity contribution in [3.8, 4) is 5.75 Å². The molecule has 0 saturated heterocycles. The first-order chi connectivity index (χ1) is 11.1. The molecule has 0 spiro atoms. The number of benzene rings is 2. The minimum atomic E-state index is -0.628. The van der Waals surface area contributed by atoms with Crippen LogP contribution in [0.4, 0.5) is 8.78 Å². The lowest BCUT2D eigenvalue weighted by Crippen LogP contribution is -1.97. The number of aryl methyl sites for hydroxylation is 1. The molecule has 0 aromatic heterocycles. The molecule has 0 aliphatic rings. The maximum Gasteiger partial charge on any atom is 0.135 e. The van der Waals surface area contributed by atoms with Crippen molar-refractivity contribution in [2.24, 2.45) is 10.2 Å². The van der Waals surface area contributed by atoms with E-state index in [4.69, 9.17) is 4.74 Å². The summed E-state index contributed by atoms with van der Waals surface area (Å²) in [5, 5.41) is 7.51. The Hall–Kier alpha value is -2.56. The van der Waals surface area contributed by atoms with Crippen LogP contribution in [0.2, 0.25) is 0 Å². The molecule has 3 nitrogen and oxygen atoms in total. The van der Waals surface area contributed by atoms with Crippen molar-refractivity contribution in [3.05, 3.63) is 64.7 Å². The summed E-state index contributed by atoms with van der Waals surface area (Å²) >= 11 is 0. The second kappa shape index (κ2) is 8.17. The van der Waals surface area contributed by atoms with Crippen LogP contribution in [-0.4, -0.2) is 19.5 Å². The van der Waals surface area contributed by atoms with E-state index in [2.05, 4.69) is 10.2 Å². The van der Waals surface area contributed by atoms with Gasteiger partial charge in [0.25, 0.3) is 0 Å². The van der Waals surface area contributed by atoms with Crippen LogP contribution in [0.25, 0.3) is 0 Å². The lowest BCUT2D eigenvalue weighted by Gasteiger charge is -2.03. The third kappa shape index (κ3) is 4.71. The van der Waals surface area contributed by atoms with Gasteiger partial charge in [0, 0.05) is 0 Å². The van der Waals surface area contributed by atoms with Gasteiger partial charge in [0.15, 0.2) is 0 Å². The second-order valence-electron chi connectivity index (χ2n) is 4.99. The molecule has 2 aromatic rings. The molecule has 5 heteroatoms. The summed E-state index contributed by atoms with van der Waals surface area (Å²) in [6.07, 6.45) is 4.05. The maximum atomic E-state index is 13.9. The zero-order valence-electron chi connectivity index (χ0n) is 13.1. The fourth-order valence-electron chi connectivity index (χ4n) is 2.07. The van der Waals surface area contributed by atoms with Gasteiger partial charge in [0.2, 0.25) is 0 Å². The highest BCUT2D eigenvalue weighted by Crippen LogP contribution is 2.15. The third-order valence-electron chi connectivity index (χ3n) is 3.25. The van der Waals surface area contributed by atoms with Crippen LogP contribution in [0, 0.1) is 11.6 Å². The molecule has 0 amide bonds. The van der Waals surface area contributed by atoms with E-state index in [1.807, 2.05) is 6.92 Å². The molecule has 0 fully saturated rings. The Bertz CT molecular complexity index is 686. The summed E-state index contributed by atoms with van der Waals surface area (Å²) in [6.45, 7) is 1.96. The van der Waals surface area contributed by atoms with E-state index in [1.165, 1.54) is 18.3 Å². The van der Waals surface area contributed by atoms with Crippen LogP contribution in [0.15, 0.2) is 46.6 Å². The molecule has 0 bridgehead atoms. The van der Waals surface area contributed by atoms with Crippen molar-refractivity contribution in [2.45, 2.75) is 19.8 Å². The van der Waals surface area contributed by atoms with Crippen molar-refractivity contribution < 1.29 is 13.5 Å². The van der Waals surface area contributed by atoms with Gasteiger partial charge in [-0.15, -0.1) is 0 Å². The van der Waals surface area contributed by atoms with Crippen molar-refractivity contribution >= 4 is 12.4 Å². The SMILES string of the molecule is CCCc1cc(F)c(C=NN=Cc2ccc(OC)cc2)c(F)c1. The molecular weight excluding hydrogens is 298 g/mol. The van der Waals surface area contributed by atoms with Gasteiger partial charge in [-0.3, -0.25) is 0 Å². The van der Waals surface area contributed by atoms with Crippen LogP contribution in [-0.2, 0) is 6.42 Å². The van der Waals surface area contributed by atoms with E-state index in [9.17, 15) is 8.78 Å². The van der Waals surface area contributed by atoms with Crippen LogP contribution in [0.5, 0.6) is 5.75 Å². The Morgan fingerprint density at radius 3 is 2.17 bits per heavy atom. The predicted octanol–water partition coefficient (Wildman–Crippen LogP) is 4.38. The molecule has 0 saturated carbocycles. The highest BCUT2D eigenvalue weighted by Gasteiger charge is 2.08. The summed E-state index contributed by atoms with van der Waals surface area (Å²) in [5.41, 5.74) is 1.26. The van der Waals surface area contributed by atoms with Crippen LogP contribution >= 0.6 is 0 Å². The Labute approximate surface area is 134 Å². The normalized spacial score (nSPS) is 11.5. The van der Waals surface area contributed by atoms with E-state index in [1.54, 1.807) is 31.4 Å². The number of rotatable bonds is 6. The summed E-state index contributed by atoms with van der Waals surface area (Å²) in [5.74, 6) is -0.518. The molecule has 0 aliphatic heterocycles. The summed E-state index contributed by atoms with van der Waals surface area (Å²) < 4.78 is 32.8. The quantitative estimate of drug-likeness (QED) is 0.575. The summed E-state index contributed by atoms with van der Waals surface area (Å²) in [4.78, 5) is 0. The lowest BCUT2D eigenvalue weighted by molar-refractivity contribution is 0.415. The summed E-state index contributed by atoms with van der Waals surface area (Å²) in [7, 11) is 1.59. The number of halogens is 2. The topological polar surface area (TPSA) is 34.0 Å². The monoisotopic (exact) mass is 316 g/mol. The minimum absolute atomic E-state index is 0.184. The highest BCUT2D eigenvalue weighted by atomic mass is 19.1. The highest BCUT2D eigenvalue weighted by molar-refractivity contribution is 5.83. The average molecular weight is 316 g/mol. The van der Waals surface area contributed by atoms with Gasteiger partial charge in [-0.25, -0.2) is 8.78 Å². The summed E-state index contributed by atoms with van der Waals surface area (Å²) in [6, 6.07) is 9.85. The van der Waals surface area contributed by atoms with Gasteiger partial charge in [-0.1, -0.05) is 13.3 Å². The van der Waals surface area contributed by atoms with E-state index in [0.717, 1.165) is 23.9 Å². The van der Waals surface area contributed by atoms with Gasteiger partial charge in [0.05, 0.1) is 25.1 Å². The van der Waals surface area contributed by atoms with Gasteiger partial charge < -0.3 is 4.74 Å². The van der Waals surface area contributed by atoms with Gasteiger partial charge in [-0.05, 0) is 53.9 Å². The van der Waals surface area contributed by atoms with Crippen LogP contribution in [0.3, 0.4) is 0 Å². The number of ether oxygens (including phenoxy) is 1. The average Bonchev–Trinajstić information content (AvgIpc) is 2.54. The van der Waals surface area contributed by atoms with Gasteiger partial charge in [0.1, 0.15) is 17.4 Å². The van der Waals surface area contributed by atoms with Crippen LogP contribution in [0.1, 0.15) is 30.0 Å². The second-order valence-corrected chi connectivity index (χ2v) is 4.99. The van der Waals surface area contributed by atoms with E-state index in [0.29, 0.717) is 12.0 Å². The molecule has 120 valence electrons. The number of hydrogen-bond donors (Lipinski definition) is 0. The molecule has 23 heavy (non-hydrogen) atoms. The van der Waals surface area contributed by atoms with Crippen molar-refractivity contribution in [3.63, 3.8) is 0 Å². The molecule has 0 radical (unpaired) electrons. The fourth-order valence-corrected chi connectivity index (χ4v) is 2.07. The van der Waals surface area contributed by atoms with E-state index in [-0.39, 0.29) is 5.56 Å². The van der Waals surface area contributed by atoms with Gasteiger partial charge >= 0.3 is 0 Å². The maximum absolute atomic E-state index is 13.9. The number of hydrogen-bond acceptors (Lipinski definition) is 3. The lowest BCUT2D eigenvalue weighted by atomic mass is 10.1. The van der Waals surface area contributed by atoms with Crippen molar-refractivity contribution in [1.82, 2.24) is 0 Å². The number of methoxy groups -OCH3 is 1. The molecule has 0 atom stereocenters. The first-order valence-corrected chi connectivity index (χ1v) is 7.32. The Kier molecular flexibility index (Phi) is 5.97.